The molecule has 0 radical (unpaired) electrons. The Bertz CT molecular complexity index is 1200. The van der Waals surface area contributed by atoms with Crippen molar-refractivity contribution in [1.82, 2.24) is 4.98 Å². The standard InChI is InChI=1S/C22H15NS/c1-14-13-19-21-18(11-6-12-23-21)17-10-5-9-16(20(17)22(19)24-14)15-7-3-2-4-8-15/h2-13H,1H3. The van der Waals surface area contributed by atoms with Crippen molar-refractivity contribution in [3.8, 4) is 11.1 Å². The minimum absolute atomic E-state index is 1.11. The van der Waals surface area contributed by atoms with E-state index in [2.05, 4.69) is 72.6 Å². The number of rotatable bonds is 1. The minimum atomic E-state index is 1.11. The summed E-state index contributed by atoms with van der Waals surface area (Å²) in [5.74, 6) is 0. The third-order valence-corrected chi connectivity index (χ3v) is 5.65. The van der Waals surface area contributed by atoms with Gasteiger partial charge in [-0.1, -0.05) is 54.6 Å². The number of hydrogen-bond acceptors (Lipinski definition) is 2. The average Bonchev–Trinajstić information content (AvgIpc) is 3.04. The Balaban J connectivity index is 2.08. The monoisotopic (exact) mass is 325 g/mol. The molecule has 1 nitrogen and oxygen atoms in total. The van der Waals surface area contributed by atoms with Crippen LogP contribution in [0, 0.1) is 6.92 Å². The van der Waals surface area contributed by atoms with Crippen molar-refractivity contribution >= 4 is 43.1 Å². The Hall–Kier alpha value is -2.71. The third-order valence-electron chi connectivity index (χ3n) is 4.58. The number of nitrogens with zero attached hydrogens (tertiary/aromatic N) is 1. The highest BCUT2D eigenvalue weighted by Gasteiger charge is 2.15. The van der Waals surface area contributed by atoms with Crippen molar-refractivity contribution in [2.75, 3.05) is 0 Å². The molecule has 24 heavy (non-hydrogen) atoms. The van der Waals surface area contributed by atoms with Crippen LogP contribution in [0.25, 0.3) is 42.9 Å². The van der Waals surface area contributed by atoms with Crippen molar-refractivity contribution in [2.24, 2.45) is 0 Å². The van der Waals surface area contributed by atoms with E-state index in [0.717, 1.165) is 5.52 Å². The van der Waals surface area contributed by atoms with Gasteiger partial charge in [-0.2, -0.15) is 0 Å². The number of fused-ring (bicyclic) bond motifs is 6. The van der Waals surface area contributed by atoms with Gasteiger partial charge in [-0.25, -0.2) is 0 Å². The first-order chi connectivity index (χ1) is 11.8. The topological polar surface area (TPSA) is 12.9 Å². The predicted molar refractivity (Wildman–Crippen MR) is 105 cm³/mol. The van der Waals surface area contributed by atoms with Crippen molar-refractivity contribution in [1.29, 1.82) is 0 Å². The van der Waals surface area contributed by atoms with Crippen molar-refractivity contribution in [3.63, 3.8) is 0 Å². The van der Waals surface area contributed by atoms with Crippen LogP contribution in [0.1, 0.15) is 4.88 Å². The molecule has 0 N–H and O–H groups in total. The number of aromatic nitrogens is 1. The Morgan fingerprint density at radius 2 is 1.62 bits per heavy atom. The smallest absolute Gasteiger partial charge is 0.0795 e. The van der Waals surface area contributed by atoms with E-state index >= 15 is 0 Å². The lowest BCUT2D eigenvalue weighted by Crippen LogP contribution is -1.86. The van der Waals surface area contributed by atoms with Gasteiger partial charge in [0.15, 0.2) is 0 Å². The van der Waals surface area contributed by atoms with Gasteiger partial charge in [-0.15, -0.1) is 11.3 Å². The highest BCUT2D eigenvalue weighted by molar-refractivity contribution is 7.20. The number of thiophene rings is 1. The fourth-order valence-corrected chi connectivity index (χ4v) is 4.68. The van der Waals surface area contributed by atoms with E-state index in [4.69, 9.17) is 0 Å². The zero-order valence-electron chi connectivity index (χ0n) is 13.3. The van der Waals surface area contributed by atoms with Crippen LogP contribution in [0.2, 0.25) is 0 Å². The number of hydrogen-bond donors (Lipinski definition) is 0. The molecule has 0 unspecified atom stereocenters. The van der Waals surface area contributed by atoms with Gasteiger partial charge < -0.3 is 0 Å². The fraction of sp³-hybridized carbons (Fsp3) is 0.0455. The highest BCUT2D eigenvalue weighted by atomic mass is 32.1. The lowest BCUT2D eigenvalue weighted by Gasteiger charge is -2.11. The summed E-state index contributed by atoms with van der Waals surface area (Å²) in [6.45, 7) is 2.18. The molecule has 0 aliphatic heterocycles. The third kappa shape index (κ3) is 1.90. The lowest BCUT2D eigenvalue weighted by atomic mass is 9.94. The normalized spacial score (nSPS) is 11.5. The van der Waals surface area contributed by atoms with Crippen LogP contribution in [0.3, 0.4) is 0 Å². The van der Waals surface area contributed by atoms with Crippen LogP contribution >= 0.6 is 11.3 Å². The van der Waals surface area contributed by atoms with Gasteiger partial charge in [-0.05, 0) is 35.6 Å². The van der Waals surface area contributed by atoms with E-state index in [9.17, 15) is 0 Å². The predicted octanol–water partition coefficient (Wildman–Crippen LogP) is 6.58. The van der Waals surface area contributed by atoms with Gasteiger partial charge in [-0.3, -0.25) is 4.98 Å². The Morgan fingerprint density at radius 1 is 0.792 bits per heavy atom. The van der Waals surface area contributed by atoms with Crippen LogP contribution in [-0.2, 0) is 0 Å². The molecule has 2 heteroatoms. The number of aryl methyl sites for hydroxylation is 1. The van der Waals surface area contributed by atoms with E-state index in [-0.39, 0.29) is 0 Å². The van der Waals surface area contributed by atoms with E-state index < -0.39 is 0 Å². The maximum atomic E-state index is 4.68. The minimum Gasteiger partial charge on any atom is -0.256 e. The summed E-state index contributed by atoms with van der Waals surface area (Å²) in [4.78, 5) is 6.01. The Labute approximate surface area is 144 Å². The summed E-state index contributed by atoms with van der Waals surface area (Å²) >= 11 is 1.87. The molecular formula is C22H15NS. The molecule has 114 valence electrons. The van der Waals surface area contributed by atoms with E-state index in [1.165, 1.54) is 42.2 Å². The first-order valence-corrected chi connectivity index (χ1v) is 8.89. The molecular weight excluding hydrogens is 310 g/mol. The zero-order chi connectivity index (χ0) is 16.1. The summed E-state index contributed by atoms with van der Waals surface area (Å²) in [5, 5.41) is 5.13. The molecule has 2 aromatic heterocycles. The second-order valence-corrected chi connectivity index (χ2v) is 7.35. The molecule has 5 rings (SSSR count). The van der Waals surface area contributed by atoms with Gasteiger partial charge in [0.05, 0.1) is 5.52 Å². The van der Waals surface area contributed by atoms with Crippen molar-refractivity contribution in [2.45, 2.75) is 6.92 Å². The SMILES string of the molecule is Cc1cc2c3ncccc3c3cccc(-c4ccccc4)c3c2s1. The van der Waals surface area contributed by atoms with Gasteiger partial charge in [0.25, 0.3) is 0 Å². The number of pyridine rings is 1. The molecule has 0 saturated heterocycles. The lowest BCUT2D eigenvalue weighted by molar-refractivity contribution is 1.43. The quantitative estimate of drug-likeness (QED) is 0.317. The number of benzene rings is 3. The first kappa shape index (κ1) is 13.7. The van der Waals surface area contributed by atoms with Crippen LogP contribution in [0.4, 0.5) is 0 Å². The molecule has 0 bridgehead atoms. The van der Waals surface area contributed by atoms with Gasteiger partial charge in [0.2, 0.25) is 0 Å². The van der Waals surface area contributed by atoms with Gasteiger partial charge in [0, 0.05) is 31.9 Å². The second-order valence-electron chi connectivity index (χ2n) is 6.09. The maximum Gasteiger partial charge on any atom is 0.0795 e. The van der Waals surface area contributed by atoms with Crippen LogP contribution < -0.4 is 0 Å². The zero-order valence-corrected chi connectivity index (χ0v) is 14.1. The summed E-state index contributed by atoms with van der Waals surface area (Å²) < 4.78 is 1.34. The summed E-state index contributed by atoms with van der Waals surface area (Å²) in [6, 6.07) is 23.8. The summed E-state index contributed by atoms with van der Waals surface area (Å²) in [7, 11) is 0. The highest BCUT2D eigenvalue weighted by Crippen LogP contribution is 2.42. The molecule has 3 aromatic carbocycles. The fourth-order valence-electron chi connectivity index (χ4n) is 3.59. The average molecular weight is 325 g/mol. The molecule has 0 fully saturated rings. The molecule has 0 aliphatic rings. The van der Waals surface area contributed by atoms with E-state index in [1.54, 1.807) is 0 Å². The van der Waals surface area contributed by atoms with Gasteiger partial charge in [0.1, 0.15) is 0 Å². The van der Waals surface area contributed by atoms with E-state index in [1.807, 2.05) is 23.6 Å². The molecule has 0 spiro atoms. The van der Waals surface area contributed by atoms with Gasteiger partial charge >= 0.3 is 0 Å². The summed E-state index contributed by atoms with van der Waals surface area (Å²) in [6.07, 6.45) is 1.89. The maximum absolute atomic E-state index is 4.68. The van der Waals surface area contributed by atoms with E-state index in [0.29, 0.717) is 0 Å². The van der Waals surface area contributed by atoms with Crippen molar-refractivity contribution in [3.05, 3.63) is 77.8 Å². The van der Waals surface area contributed by atoms with Crippen LogP contribution in [0.15, 0.2) is 72.9 Å². The summed E-state index contributed by atoms with van der Waals surface area (Å²) in [5.41, 5.74) is 3.67. The second kappa shape index (κ2) is 5.15. The Morgan fingerprint density at radius 3 is 2.50 bits per heavy atom. The molecule has 0 atom stereocenters. The molecule has 0 aliphatic carbocycles. The molecule has 2 heterocycles. The molecule has 5 aromatic rings. The Kier molecular flexibility index (Phi) is 2.94. The van der Waals surface area contributed by atoms with Crippen LogP contribution in [0.5, 0.6) is 0 Å². The molecule has 0 amide bonds. The largest absolute Gasteiger partial charge is 0.256 e. The van der Waals surface area contributed by atoms with Crippen molar-refractivity contribution < 1.29 is 0 Å². The first-order valence-electron chi connectivity index (χ1n) is 8.08. The molecule has 0 saturated carbocycles. The van der Waals surface area contributed by atoms with Crippen LogP contribution in [-0.4, -0.2) is 4.98 Å².